The van der Waals surface area contributed by atoms with Crippen LogP contribution in [-0.2, 0) is 27.9 Å². The van der Waals surface area contributed by atoms with Crippen LogP contribution in [-0.4, -0.2) is 50.2 Å². The van der Waals surface area contributed by atoms with Crippen molar-refractivity contribution in [1.82, 2.24) is 14.5 Å². The lowest BCUT2D eigenvalue weighted by Crippen LogP contribution is -2.33. The zero-order chi connectivity index (χ0) is 24.6. The fourth-order valence-corrected chi connectivity index (χ4v) is 5.66. The molecule has 0 heterocycles. The summed E-state index contributed by atoms with van der Waals surface area (Å²) in [7, 11) is -0.0550. The van der Waals surface area contributed by atoms with Gasteiger partial charge in [0.2, 0.25) is 15.9 Å². The Kier molecular flexibility index (Phi) is 9.62. The Morgan fingerprint density at radius 3 is 2.32 bits per heavy atom. The summed E-state index contributed by atoms with van der Waals surface area (Å²) >= 11 is 0. The number of rotatable bonds is 11. The van der Waals surface area contributed by atoms with E-state index in [1.165, 1.54) is 61.2 Å². The second-order valence-electron chi connectivity index (χ2n) is 9.14. The second kappa shape index (κ2) is 12.4. The number of sulfonamides is 1. The fraction of sp³-hybridized carbons (Fsp3) is 0.500. The van der Waals surface area contributed by atoms with Gasteiger partial charge in [-0.05, 0) is 61.7 Å². The molecule has 1 aliphatic carbocycles. The Balaban J connectivity index is 1.45. The minimum atomic E-state index is -3.71. The van der Waals surface area contributed by atoms with Crippen LogP contribution in [0, 0.1) is 5.82 Å². The van der Waals surface area contributed by atoms with Gasteiger partial charge in [-0.15, -0.1) is 0 Å². The molecule has 0 unspecified atom stereocenters. The van der Waals surface area contributed by atoms with Gasteiger partial charge >= 0.3 is 0 Å². The Morgan fingerprint density at radius 1 is 1.00 bits per heavy atom. The maximum absolute atomic E-state index is 13.1. The number of benzene rings is 2. The van der Waals surface area contributed by atoms with Crippen LogP contribution in [0.4, 0.5) is 4.39 Å². The lowest BCUT2D eigenvalue weighted by molar-refractivity contribution is -0.121. The normalized spacial score (nSPS) is 15.1. The summed E-state index contributed by atoms with van der Waals surface area (Å²) in [5.74, 6) is -0.594. The molecule has 1 aliphatic rings. The first kappa shape index (κ1) is 26.3. The number of halogens is 1. The van der Waals surface area contributed by atoms with Crippen molar-refractivity contribution >= 4 is 15.9 Å². The van der Waals surface area contributed by atoms with Gasteiger partial charge in [-0.25, -0.2) is 17.1 Å². The highest BCUT2D eigenvalue weighted by Gasteiger charge is 2.21. The van der Waals surface area contributed by atoms with Crippen molar-refractivity contribution < 1.29 is 17.6 Å². The van der Waals surface area contributed by atoms with Crippen LogP contribution < -0.4 is 5.32 Å². The molecule has 1 fully saturated rings. The van der Waals surface area contributed by atoms with Crippen molar-refractivity contribution in [1.29, 1.82) is 0 Å². The summed E-state index contributed by atoms with van der Waals surface area (Å²) < 4.78 is 39.4. The lowest BCUT2D eigenvalue weighted by atomic mass is 9.94. The van der Waals surface area contributed by atoms with E-state index in [4.69, 9.17) is 0 Å². The predicted octanol–water partition coefficient (Wildman–Crippen LogP) is 4.31. The first-order valence-corrected chi connectivity index (χ1v) is 13.5. The number of nitrogens with one attached hydrogen (secondary N) is 1. The zero-order valence-electron chi connectivity index (χ0n) is 20.2. The first-order chi connectivity index (χ1) is 16.3. The monoisotopic (exact) mass is 489 g/mol. The molecule has 2 aromatic rings. The molecule has 3 rings (SSSR count). The van der Waals surface area contributed by atoms with Crippen molar-refractivity contribution in [3.8, 4) is 0 Å². The predicted molar refractivity (Wildman–Crippen MR) is 132 cm³/mol. The van der Waals surface area contributed by atoms with Gasteiger partial charge < -0.3 is 5.32 Å². The molecule has 2 aromatic carbocycles. The number of carbonyl (C=O) groups excluding carboxylic acids is 1. The standard InChI is InChI=1S/C26H36FN3O3S/c1-29(24-11-4-3-5-12-24)20-22-10-7-6-9-21(22)19-28-26(31)13-8-18-30(2)34(32,33)25-16-14-23(27)15-17-25/h6-7,9-10,14-17,24H,3-5,8,11-13,18-20H2,1-2H3,(H,28,31). The van der Waals surface area contributed by atoms with E-state index in [0.29, 0.717) is 19.0 Å². The number of hydrogen-bond donors (Lipinski definition) is 1. The molecular formula is C26H36FN3O3S. The summed E-state index contributed by atoms with van der Waals surface area (Å²) in [6.07, 6.45) is 7.06. The van der Waals surface area contributed by atoms with Crippen LogP contribution in [0.1, 0.15) is 56.1 Å². The molecule has 1 saturated carbocycles. The van der Waals surface area contributed by atoms with Crippen molar-refractivity contribution in [3.63, 3.8) is 0 Å². The molecule has 0 atom stereocenters. The second-order valence-corrected chi connectivity index (χ2v) is 11.2. The molecule has 1 amide bonds. The average Bonchev–Trinajstić information content (AvgIpc) is 2.84. The fourth-order valence-electron chi connectivity index (χ4n) is 4.45. The zero-order valence-corrected chi connectivity index (χ0v) is 21.0. The molecule has 34 heavy (non-hydrogen) atoms. The van der Waals surface area contributed by atoms with E-state index in [2.05, 4.69) is 23.3 Å². The van der Waals surface area contributed by atoms with Gasteiger partial charge in [-0.3, -0.25) is 9.69 Å². The van der Waals surface area contributed by atoms with Gasteiger partial charge in [0.05, 0.1) is 4.90 Å². The van der Waals surface area contributed by atoms with E-state index in [1.54, 1.807) is 0 Å². The maximum atomic E-state index is 13.1. The third-order valence-electron chi connectivity index (χ3n) is 6.61. The Morgan fingerprint density at radius 2 is 1.65 bits per heavy atom. The van der Waals surface area contributed by atoms with Crippen LogP contribution in [0.5, 0.6) is 0 Å². The first-order valence-electron chi connectivity index (χ1n) is 12.0. The van der Waals surface area contributed by atoms with E-state index in [0.717, 1.165) is 24.2 Å². The number of nitrogens with zero attached hydrogens (tertiary/aromatic N) is 2. The van der Waals surface area contributed by atoms with E-state index in [-0.39, 0.29) is 23.8 Å². The Bertz CT molecular complexity index is 1040. The summed E-state index contributed by atoms with van der Waals surface area (Å²) in [5.41, 5.74) is 2.33. The van der Waals surface area contributed by atoms with Gasteiger partial charge in [0.25, 0.3) is 0 Å². The summed E-state index contributed by atoms with van der Waals surface area (Å²) in [6, 6.07) is 13.6. The molecule has 186 valence electrons. The largest absolute Gasteiger partial charge is 0.352 e. The minimum Gasteiger partial charge on any atom is -0.352 e. The summed E-state index contributed by atoms with van der Waals surface area (Å²) in [6.45, 7) is 1.52. The van der Waals surface area contributed by atoms with Crippen LogP contribution >= 0.6 is 0 Å². The molecule has 6 nitrogen and oxygen atoms in total. The molecule has 0 saturated heterocycles. The van der Waals surface area contributed by atoms with Gasteiger partial charge in [-0.2, -0.15) is 0 Å². The molecule has 8 heteroatoms. The van der Waals surface area contributed by atoms with Gasteiger partial charge in [0.15, 0.2) is 0 Å². The molecule has 0 radical (unpaired) electrons. The van der Waals surface area contributed by atoms with Gasteiger partial charge in [0, 0.05) is 39.1 Å². The van der Waals surface area contributed by atoms with Crippen molar-refractivity contribution in [2.75, 3.05) is 20.6 Å². The molecule has 0 aromatic heterocycles. The smallest absolute Gasteiger partial charge is 0.242 e. The topological polar surface area (TPSA) is 69.7 Å². The van der Waals surface area contributed by atoms with Gasteiger partial charge in [-0.1, -0.05) is 43.5 Å². The third-order valence-corrected chi connectivity index (χ3v) is 8.48. The summed E-state index contributed by atoms with van der Waals surface area (Å²) in [4.78, 5) is 14.9. The van der Waals surface area contributed by atoms with Crippen molar-refractivity contribution in [2.24, 2.45) is 0 Å². The number of carbonyl (C=O) groups is 1. The molecule has 0 aliphatic heterocycles. The van der Waals surface area contributed by atoms with Crippen LogP contribution in [0.2, 0.25) is 0 Å². The van der Waals surface area contributed by atoms with E-state index in [9.17, 15) is 17.6 Å². The average molecular weight is 490 g/mol. The highest BCUT2D eigenvalue weighted by molar-refractivity contribution is 7.89. The van der Waals surface area contributed by atoms with Crippen LogP contribution in [0.3, 0.4) is 0 Å². The van der Waals surface area contributed by atoms with Crippen LogP contribution in [0.15, 0.2) is 53.4 Å². The molecule has 0 spiro atoms. The van der Waals surface area contributed by atoms with E-state index in [1.807, 2.05) is 18.2 Å². The Hall–Kier alpha value is -2.29. The highest BCUT2D eigenvalue weighted by atomic mass is 32.2. The molecular weight excluding hydrogens is 453 g/mol. The SMILES string of the molecule is CN(Cc1ccccc1CNC(=O)CCCN(C)S(=O)(=O)c1ccc(F)cc1)C1CCCCC1. The quantitative estimate of drug-likeness (QED) is 0.511. The van der Waals surface area contributed by atoms with Crippen LogP contribution in [0.25, 0.3) is 0 Å². The minimum absolute atomic E-state index is 0.0376. The summed E-state index contributed by atoms with van der Waals surface area (Å²) in [5, 5.41) is 2.98. The highest BCUT2D eigenvalue weighted by Crippen LogP contribution is 2.23. The number of amides is 1. The third kappa shape index (κ3) is 7.35. The van der Waals surface area contributed by atoms with Crippen molar-refractivity contribution in [3.05, 3.63) is 65.5 Å². The molecule has 0 bridgehead atoms. The van der Waals surface area contributed by atoms with Gasteiger partial charge in [0.1, 0.15) is 5.82 Å². The maximum Gasteiger partial charge on any atom is 0.242 e. The lowest BCUT2D eigenvalue weighted by Gasteiger charge is -2.31. The van der Waals surface area contributed by atoms with E-state index >= 15 is 0 Å². The Labute approximate surface area is 203 Å². The van der Waals surface area contributed by atoms with E-state index < -0.39 is 15.8 Å². The molecule has 1 N–H and O–H groups in total. The van der Waals surface area contributed by atoms with Crippen molar-refractivity contribution in [2.45, 2.75) is 69.0 Å². The number of hydrogen-bond acceptors (Lipinski definition) is 4.